The number of nitrogens with zero attached hydrogens (tertiary/aromatic N) is 3. The minimum absolute atomic E-state index is 0.0148. The van der Waals surface area contributed by atoms with Crippen LogP contribution in [0.25, 0.3) is 105 Å². The molecule has 2 aromatic heterocycles. The van der Waals surface area contributed by atoms with Crippen molar-refractivity contribution in [2.45, 2.75) is 26.2 Å². The highest BCUT2D eigenvalue weighted by molar-refractivity contribution is 7.00. The van der Waals surface area contributed by atoms with Gasteiger partial charge < -0.3 is 18.8 Å². The largest absolute Gasteiger partial charge is 0.456 e. The topological polar surface area (TPSA) is 24.6 Å². The lowest BCUT2D eigenvalue weighted by molar-refractivity contribution is 0.590. The lowest BCUT2D eigenvalue weighted by Crippen LogP contribution is -2.61. The van der Waals surface area contributed by atoms with Crippen molar-refractivity contribution >= 4 is 101 Å². The van der Waals surface area contributed by atoms with Crippen LogP contribution in [0.1, 0.15) is 37.3 Å². The zero-order valence-electron chi connectivity index (χ0n) is 56.0. The van der Waals surface area contributed by atoms with Gasteiger partial charge in [0.2, 0.25) is 0 Å². The summed E-state index contributed by atoms with van der Waals surface area (Å²) in [5.41, 5.74) is 21.5. The maximum atomic E-state index is 9.69. The Kier molecular flexibility index (Phi) is 9.79. The summed E-state index contributed by atoms with van der Waals surface area (Å²) < 4.78 is 82.5. The molecule has 0 radical (unpaired) electrons. The van der Waals surface area contributed by atoms with Gasteiger partial charge in [0.15, 0.2) is 0 Å². The fraction of sp³-hybridized carbons (Fsp3) is 0.0488. The second-order valence-electron chi connectivity index (χ2n) is 23.8. The van der Waals surface area contributed by atoms with Crippen molar-refractivity contribution in [1.29, 1.82) is 0 Å². The molecule has 17 rings (SSSR count). The van der Waals surface area contributed by atoms with E-state index in [0.717, 1.165) is 134 Å². The van der Waals surface area contributed by atoms with Crippen LogP contribution in [0.2, 0.25) is 0 Å². The van der Waals surface area contributed by atoms with Gasteiger partial charge in [-0.1, -0.05) is 257 Å². The maximum Gasteiger partial charge on any atom is 0.252 e. The zero-order chi connectivity index (χ0) is 64.9. The molecule has 15 aromatic rings. The molecule has 0 unspecified atom stereocenters. The summed E-state index contributed by atoms with van der Waals surface area (Å²) in [7, 11) is 0. The SMILES string of the molecule is [2H]c1c([2H])c([2H])c2c(c1[2H])c1c([2H])c([2H])c([2H])c([2H])c1n2-c1ccc2c(c1)N(c1c(-c3ccccc3)cccc1-c1ccccc1)c1cc(C(C)(C)C)cc3c1B2c1ccc(-c2ccc4oc5ccccc5c4c2)cc1N3c1c(-c2ccccc2)cccc1-c1ccccc1. The van der Waals surface area contributed by atoms with E-state index in [-0.39, 0.29) is 46.0 Å². The molecule has 0 atom stereocenters. The molecule has 4 heterocycles. The third-order valence-corrected chi connectivity index (χ3v) is 17.8. The standard InChI is InChI=1S/C82H58BN3O/c1-82(2,3)59-50-75-79-76(51-59)86(81-63(55-28-12-6-13-29-55)37-23-38-64(81)56-30-14-7-15-31-56)74-52-60(84-71-39-19-16-32-65(71)66-33-17-20-40-72(66)84)44-46-70(74)83(79)69-45-42-58(57-43-47-78-68(48-57)67-34-18-21-41-77(67)87-78)49-73(69)85(75)80-61(53-24-8-4-9-25-53)35-22-36-62(80)54-26-10-5-11-27-54/h4-52H,1-3H3/i16D,17D,19D,20D,32D,33D,39D,40D. The molecule has 0 N–H and O–H groups in total. The molecule has 2 aliphatic heterocycles. The van der Waals surface area contributed by atoms with Crippen LogP contribution in [-0.4, -0.2) is 11.3 Å². The van der Waals surface area contributed by atoms with Gasteiger partial charge >= 0.3 is 0 Å². The number of rotatable bonds is 8. The summed E-state index contributed by atoms with van der Waals surface area (Å²) in [6.45, 7) is 6.34. The third-order valence-electron chi connectivity index (χ3n) is 17.8. The quantitative estimate of drug-likeness (QED) is 0.142. The van der Waals surface area contributed by atoms with Gasteiger partial charge in [-0.3, -0.25) is 0 Å². The van der Waals surface area contributed by atoms with Crippen LogP contribution in [0.15, 0.2) is 301 Å². The number of aromatic nitrogens is 1. The van der Waals surface area contributed by atoms with Gasteiger partial charge in [-0.2, -0.15) is 0 Å². The van der Waals surface area contributed by atoms with Gasteiger partial charge in [0.05, 0.1) is 33.4 Å². The molecule has 0 saturated heterocycles. The monoisotopic (exact) mass is 1120 g/mol. The summed E-state index contributed by atoms with van der Waals surface area (Å²) in [6, 6.07) is 84.4. The molecular formula is C82H58BN3O. The van der Waals surface area contributed by atoms with Crippen molar-refractivity contribution in [3.63, 3.8) is 0 Å². The van der Waals surface area contributed by atoms with E-state index in [9.17, 15) is 5.48 Å². The van der Waals surface area contributed by atoms with Crippen LogP contribution >= 0.6 is 0 Å². The number of benzene rings is 13. The molecule has 0 fully saturated rings. The van der Waals surface area contributed by atoms with Crippen molar-refractivity contribution in [2.75, 3.05) is 9.80 Å². The molecule has 0 spiro atoms. The minimum Gasteiger partial charge on any atom is -0.456 e. The van der Waals surface area contributed by atoms with E-state index in [1.807, 2.05) is 36.4 Å². The predicted molar refractivity (Wildman–Crippen MR) is 368 cm³/mol. The van der Waals surface area contributed by atoms with Gasteiger partial charge in [0, 0.05) is 72.2 Å². The molecular weight excluding hydrogens is 1050 g/mol. The fourth-order valence-corrected chi connectivity index (χ4v) is 13.8. The summed E-state index contributed by atoms with van der Waals surface area (Å²) in [5.74, 6) is 0. The summed E-state index contributed by atoms with van der Waals surface area (Å²) >= 11 is 0. The number of hydrogen-bond acceptors (Lipinski definition) is 3. The van der Waals surface area contributed by atoms with Crippen molar-refractivity contribution in [3.05, 3.63) is 303 Å². The third kappa shape index (κ3) is 8.07. The summed E-state index contributed by atoms with van der Waals surface area (Å²) in [6.07, 6.45) is 0. The van der Waals surface area contributed by atoms with Crippen molar-refractivity contribution in [3.8, 4) is 61.3 Å². The Morgan fingerprint density at radius 1 is 0.356 bits per heavy atom. The highest BCUT2D eigenvalue weighted by atomic mass is 16.3. The first-order chi connectivity index (χ1) is 46.1. The van der Waals surface area contributed by atoms with Gasteiger partial charge in [0.1, 0.15) is 11.2 Å². The zero-order valence-corrected chi connectivity index (χ0v) is 48.0. The van der Waals surface area contributed by atoms with E-state index in [1.54, 1.807) is 4.57 Å². The molecule has 4 nitrogen and oxygen atoms in total. The average molecular weight is 1120 g/mol. The summed E-state index contributed by atoms with van der Waals surface area (Å²) in [5, 5.41) is 2.09. The lowest BCUT2D eigenvalue weighted by atomic mass is 9.33. The van der Waals surface area contributed by atoms with Crippen molar-refractivity contribution in [1.82, 2.24) is 4.57 Å². The Balaban J connectivity index is 1.05. The van der Waals surface area contributed by atoms with Crippen LogP contribution in [0.4, 0.5) is 34.1 Å². The molecule has 2 aliphatic rings. The average Bonchev–Trinajstić information content (AvgIpc) is 1.41. The Hall–Kier alpha value is -10.9. The van der Waals surface area contributed by atoms with Crippen LogP contribution in [0, 0.1) is 0 Å². The molecule has 0 saturated carbocycles. The van der Waals surface area contributed by atoms with Crippen LogP contribution in [0.5, 0.6) is 0 Å². The van der Waals surface area contributed by atoms with Gasteiger partial charge in [-0.05, 0) is 121 Å². The van der Waals surface area contributed by atoms with Crippen molar-refractivity contribution < 1.29 is 15.4 Å². The number of fused-ring (bicyclic) bond motifs is 10. The normalized spacial score (nSPS) is 14.0. The lowest BCUT2D eigenvalue weighted by Gasteiger charge is -2.46. The fourth-order valence-electron chi connectivity index (χ4n) is 13.8. The van der Waals surface area contributed by atoms with E-state index < -0.39 is 36.3 Å². The smallest absolute Gasteiger partial charge is 0.252 e. The Bertz CT molecular complexity index is 5520. The highest BCUT2D eigenvalue weighted by Crippen LogP contribution is 2.54. The first-order valence-corrected chi connectivity index (χ1v) is 29.6. The van der Waals surface area contributed by atoms with Crippen LogP contribution < -0.4 is 26.2 Å². The first kappa shape index (κ1) is 42.9. The van der Waals surface area contributed by atoms with Gasteiger partial charge in [-0.15, -0.1) is 0 Å². The second-order valence-corrected chi connectivity index (χ2v) is 23.8. The molecule has 0 amide bonds. The molecule has 0 bridgehead atoms. The molecule has 0 aliphatic carbocycles. The predicted octanol–water partition coefficient (Wildman–Crippen LogP) is 20.4. The second kappa shape index (κ2) is 19.9. The molecule has 5 heteroatoms. The first-order valence-electron chi connectivity index (χ1n) is 33.6. The van der Waals surface area contributed by atoms with Crippen molar-refractivity contribution in [2.24, 2.45) is 0 Å². The van der Waals surface area contributed by atoms with E-state index in [0.29, 0.717) is 5.69 Å². The number of anilines is 6. The van der Waals surface area contributed by atoms with E-state index >= 15 is 0 Å². The molecule has 87 heavy (non-hydrogen) atoms. The van der Waals surface area contributed by atoms with E-state index in [2.05, 4.69) is 243 Å². The number of hydrogen-bond donors (Lipinski definition) is 0. The Labute approximate surface area is 518 Å². The van der Waals surface area contributed by atoms with Crippen LogP contribution in [0.3, 0.4) is 0 Å². The highest BCUT2D eigenvalue weighted by Gasteiger charge is 2.46. The number of furan rings is 1. The number of para-hydroxylation sites is 5. The maximum absolute atomic E-state index is 9.69. The van der Waals surface area contributed by atoms with Gasteiger partial charge in [0.25, 0.3) is 6.71 Å². The summed E-state index contributed by atoms with van der Waals surface area (Å²) in [4.78, 5) is 4.95. The molecule has 13 aromatic carbocycles. The Morgan fingerprint density at radius 3 is 1.31 bits per heavy atom. The van der Waals surface area contributed by atoms with Crippen LogP contribution in [-0.2, 0) is 5.41 Å². The van der Waals surface area contributed by atoms with Gasteiger partial charge in [-0.25, -0.2) is 0 Å². The van der Waals surface area contributed by atoms with E-state index in [4.69, 9.17) is 9.90 Å². The Morgan fingerprint density at radius 2 is 0.793 bits per heavy atom. The molecule has 410 valence electrons. The minimum atomic E-state index is -0.496. The van der Waals surface area contributed by atoms with E-state index in [1.165, 1.54) is 0 Å².